The summed E-state index contributed by atoms with van der Waals surface area (Å²) in [5, 5.41) is 0. The van der Waals surface area contributed by atoms with Gasteiger partial charge in [-0.25, -0.2) is 8.42 Å². The summed E-state index contributed by atoms with van der Waals surface area (Å²) < 4.78 is 28.4. The van der Waals surface area contributed by atoms with Crippen molar-refractivity contribution in [2.45, 2.75) is 11.8 Å². The molecule has 0 aliphatic rings. The predicted molar refractivity (Wildman–Crippen MR) is 105 cm³/mol. The predicted octanol–water partition coefficient (Wildman–Crippen LogP) is 5.18. The van der Waals surface area contributed by atoms with E-state index in [4.69, 9.17) is 0 Å². The Hall–Kier alpha value is -1.96. The van der Waals surface area contributed by atoms with Crippen molar-refractivity contribution in [3.05, 3.63) is 70.0 Å². The summed E-state index contributed by atoms with van der Waals surface area (Å²) in [6.45, 7) is 1.43. The molecule has 0 aliphatic carbocycles. The Labute approximate surface area is 158 Å². The van der Waals surface area contributed by atoms with Gasteiger partial charge in [0.15, 0.2) is 5.78 Å². The first kappa shape index (κ1) is 17.8. The summed E-state index contributed by atoms with van der Waals surface area (Å²) in [6.07, 6.45) is 0. The van der Waals surface area contributed by atoms with Crippen LogP contribution in [0, 0.1) is 0 Å². The lowest BCUT2D eigenvalue weighted by Gasteiger charge is -2.09. The number of Topliss-reactive ketones (excluding diaryl/α,β-unsaturated/α-hetero) is 1. The number of carbonyl (C=O) groups excluding carboxylic acids is 1. The minimum Gasteiger partial charge on any atom is -0.294 e. The van der Waals surface area contributed by atoms with Crippen LogP contribution in [0.4, 0.5) is 5.69 Å². The van der Waals surface area contributed by atoms with Crippen LogP contribution in [0.3, 0.4) is 0 Å². The van der Waals surface area contributed by atoms with Gasteiger partial charge in [-0.3, -0.25) is 9.52 Å². The number of anilines is 1. The van der Waals surface area contributed by atoms with Crippen LogP contribution in [0.2, 0.25) is 0 Å². The first-order valence-electron chi connectivity index (χ1n) is 7.36. The lowest BCUT2D eigenvalue weighted by molar-refractivity contribution is 0.102. The Morgan fingerprint density at radius 2 is 1.68 bits per heavy atom. The Kier molecular flexibility index (Phi) is 5.08. The van der Waals surface area contributed by atoms with Crippen molar-refractivity contribution in [2.24, 2.45) is 0 Å². The van der Waals surface area contributed by atoms with Crippen molar-refractivity contribution in [2.75, 3.05) is 4.72 Å². The number of halogens is 1. The minimum absolute atomic E-state index is 0.122. The SMILES string of the molecule is CC(=O)c1sc(-c2ccccc2)cc1NS(=O)(=O)c1ccccc1Br. The molecule has 0 atom stereocenters. The largest absolute Gasteiger partial charge is 0.294 e. The highest BCUT2D eigenvalue weighted by Crippen LogP contribution is 2.36. The average Bonchev–Trinajstić information content (AvgIpc) is 2.99. The number of carbonyl (C=O) groups is 1. The molecule has 1 N–H and O–H groups in total. The first-order valence-corrected chi connectivity index (χ1v) is 10.5. The van der Waals surface area contributed by atoms with Crippen molar-refractivity contribution in [3.63, 3.8) is 0 Å². The number of hydrogen-bond acceptors (Lipinski definition) is 4. The fourth-order valence-electron chi connectivity index (χ4n) is 2.34. The van der Waals surface area contributed by atoms with Gasteiger partial charge in [0.05, 0.1) is 10.6 Å². The van der Waals surface area contributed by atoms with E-state index >= 15 is 0 Å². The molecular weight excluding hydrogens is 422 g/mol. The molecule has 1 aromatic heterocycles. The van der Waals surface area contributed by atoms with Crippen LogP contribution in [0.1, 0.15) is 16.6 Å². The van der Waals surface area contributed by atoms with Crippen LogP contribution in [-0.4, -0.2) is 14.2 Å². The number of ketones is 1. The normalized spacial score (nSPS) is 11.3. The van der Waals surface area contributed by atoms with Gasteiger partial charge in [-0.05, 0) is 39.7 Å². The van der Waals surface area contributed by atoms with Crippen LogP contribution in [0.25, 0.3) is 10.4 Å². The van der Waals surface area contributed by atoms with Gasteiger partial charge in [0, 0.05) is 16.3 Å². The Morgan fingerprint density at radius 1 is 1.04 bits per heavy atom. The molecule has 128 valence electrons. The van der Waals surface area contributed by atoms with E-state index in [0.29, 0.717) is 15.0 Å². The van der Waals surface area contributed by atoms with E-state index in [1.807, 2.05) is 30.3 Å². The number of thiophene rings is 1. The molecule has 0 saturated carbocycles. The van der Waals surface area contributed by atoms with E-state index < -0.39 is 10.0 Å². The molecule has 4 nitrogen and oxygen atoms in total. The number of rotatable bonds is 5. The minimum atomic E-state index is -3.81. The summed E-state index contributed by atoms with van der Waals surface area (Å²) in [4.78, 5) is 13.3. The zero-order chi connectivity index (χ0) is 18.0. The van der Waals surface area contributed by atoms with Gasteiger partial charge in [-0.2, -0.15) is 0 Å². The van der Waals surface area contributed by atoms with Crippen LogP contribution in [-0.2, 0) is 10.0 Å². The topological polar surface area (TPSA) is 63.2 Å². The lowest BCUT2D eigenvalue weighted by atomic mass is 10.2. The van der Waals surface area contributed by atoms with Crippen LogP contribution >= 0.6 is 27.3 Å². The van der Waals surface area contributed by atoms with Crippen LogP contribution in [0.15, 0.2) is 70.0 Å². The third-order valence-corrected chi connectivity index (χ3v) is 7.14. The molecular formula is C18H14BrNO3S2. The zero-order valence-electron chi connectivity index (χ0n) is 13.2. The molecule has 0 fully saturated rings. The third kappa shape index (κ3) is 3.84. The molecule has 3 aromatic rings. The fourth-order valence-corrected chi connectivity index (χ4v) is 5.48. The van der Waals surface area contributed by atoms with E-state index in [0.717, 1.165) is 10.4 Å². The summed E-state index contributed by atoms with van der Waals surface area (Å²) >= 11 is 4.52. The molecule has 7 heteroatoms. The van der Waals surface area contributed by atoms with E-state index in [1.54, 1.807) is 24.3 Å². The molecule has 0 aliphatic heterocycles. The summed E-state index contributed by atoms with van der Waals surface area (Å²) in [5.74, 6) is -0.183. The van der Waals surface area contributed by atoms with Gasteiger partial charge in [-0.1, -0.05) is 42.5 Å². The van der Waals surface area contributed by atoms with Crippen LogP contribution in [0.5, 0.6) is 0 Å². The second kappa shape index (κ2) is 7.11. The molecule has 3 rings (SSSR count). The highest BCUT2D eigenvalue weighted by molar-refractivity contribution is 9.10. The number of nitrogens with one attached hydrogen (secondary N) is 1. The van der Waals surface area contributed by atoms with Crippen LogP contribution < -0.4 is 4.72 Å². The molecule has 0 saturated heterocycles. The summed E-state index contributed by atoms with van der Waals surface area (Å²) in [5.41, 5.74) is 1.23. The van der Waals surface area contributed by atoms with Crippen molar-refractivity contribution < 1.29 is 13.2 Å². The molecule has 0 amide bonds. The van der Waals surface area contributed by atoms with Gasteiger partial charge < -0.3 is 0 Å². The van der Waals surface area contributed by atoms with Gasteiger partial charge in [0.1, 0.15) is 4.90 Å². The Bertz CT molecular complexity index is 1030. The smallest absolute Gasteiger partial charge is 0.263 e. The van der Waals surface area contributed by atoms with E-state index in [1.165, 1.54) is 24.3 Å². The summed E-state index contributed by atoms with van der Waals surface area (Å²) in [7, 11) is -3.81. The van der Waals surface area contributed by atoms with Gasteiger partial charge in [0.25, 0.3) is 10.0 Å². The monoisotopic (exact) mass is 435 g/mol. The van der Waals surface area contributed by atoms with E-state index in [2.05, 4.69) is 20.7 Å². The second-order valence-corrected chi connectivity index (χ2v) is 8.87. The fraction of sp³-hybridized carbons (Fsp3) is 0.0556. The molecule has 0 bridgehead atoms. The Morgan fingerprint density at radius 3 is 2.32 bits per heavy atom. The number of hydrogen-bond donors (Lipinski definition) is 1. The van der Waals surface area contributed by atoms with Gasteiger partial charge in [0.2, 0.25) is 0 Å². The molecule has 2 aromatic carbocycles. The maximum atomic E-state index is 12.7. The number of benzene rings is 2. The van der Waals surface area contributed by atoms with Crippen molar-refractivity contribution in [1.82, 2.24) is 0 Å². The Balaban J connectivity index is 2.04. The molecule has 1 heterocycles. The zero-order valence-corrected chi connectivity index (χ0v) is 16.4. The van der Waals surface area contributed by atoms with Gasteiger partial charge in [-0.15, -0.1) is 11.3 Å². The summed E-state index contributed by atoms with van der Waals surface area (Å²) in [6, 6.07) is 17.8. The van der Waals surface area contributed by atoms with Crippen molar-refractivity contribution in [1.29, 1.82) is 0 Å². The first-order chi connectivity index (χ1) is 11.9. The lowest BCUT2D eigenvalue weighted by Crippen LogP contribution is -2.14. The molecule has 25 heavy (non-hydrogen) atoms. The quantitative estimate of drug-likeness (QED) is 0.561. The van der Waals surface area contributed by atoms with Crippen molar-refractivity contribution >= 4 is 48.8 Å². The maximum Gasteiger partial charge on any atom is 0.263 e. The molecule has 0 unspecified atom stereocenters. The standard InChI is InChI=1S/C18H14BrNO3S2/c1-12(21)18-15(11-16(24-18)13-7-3-2-4-8-13)20-25(22,23)17-10-6-5-9-14(17)19/h2-11,20H,1H3. The molecule has 0 spiro atoms. The van der Waals surface area contributed by atoms with Gasteiger partial charge >= 0.3 is 0 Å². The van der Waals surface area contributed by atoms with Crippen molar-refractivity contribution in [3.8, 4) is 10.4 Å². The average molecular weight is 436 g/mol. The maximum absolute atomic E-state index is 12.7. The molecule has 0 radical (unpaired) electrons. The number of sulfonamides is 1. The van der Waals surface area contributed by atoms with E-state index in [-0.39, 0.29) is 10.7 Å². The highest BCUT2D eigenvalue weighted by Gasteiger charge is 2.22. The van der Waals surface area contributed by atoms with E-state index in [9.17, 15) is 13.2 Å². The highest BCUT2D eigenvalue weighted by atomic mass is 79.9. The second-order valence-electron chi connectivity index (χ2n) is 5.31. The third-order valence-electron chi connectivity index (χ3n) is 3.48.